The van der Waals surface area contributed by atoms with Crippen molar-refractivity contribution in [3.63, 3.8) is 0 Å². The lowest BCUT2D eigenvalue weighted by Crippen LogP contribution is -2.44. The van der Waals surface area contributed by atoms with Crippen LogP contribution in [-0.2, 0) is 11.3 Å². The predicted molar refractivity (Wildman–Crippen MR) is 124 cm³/mol. The van der Waals surface area contributed by atoms with Crippen molar-refractivity contribution in [2.45, 2.75) is 39.3 Å². The molecule has 2 amide bonds. The SMILES string of the molecule is CCn1c(-c2nc3cc(C(=O)N4CCCC(OC(N)=O)C4)ccn3c2C)cc2cccnc21. The first kappa shape index (κ1) is 21.0. The van der Waals surface area contributed by atoms with E-state index in [-0.39, 0.29) is 12.0 Å². The lowest BCUT2D eigenvalue weighted by Gasteiger charge is -2.32. The first-order chi connectivity index (χ1) is 16.0. The van der Waals surface area contributed by atoms with Gasteiger partial charge in [-0.15, -0.1) is 0 Å². The number of aromatic nitrogens is 4. The van der Waals surface area contributed by atoms with Crippen molar-refractivity contribution in [1.82, 2.24) is 23.8 Å². The maximum Gasteiger partial charge on any atom is 0.404 e. The molecule has 0 aromatic carbocycles. The Balaban J connectivity index is 1.49. The number of pyridine rings is 2. The molecule has 1 saturated heterocycles. The van der Waals surface area contributed by atoms with E-state index in [1.807, 2.05) is 41.8 Å². The number of amides is 2. The average Bonchev–Trinajstić information content (AvgIpc) is 3.35. The van der Waals surface area contributed by atoms with Gasteiger partial charge >= 0.3 is 6.09 Å². The number of carbonyl (C=O) groups is 2. The molecule has 0 saturated carbocycles. The summed E-state index contributed by atoms with van der Waals surface area (Å²) in [5.74, 6) is -0.107. The maximum atomic E-state index is 13.2. The Morgan fingerprint density at radius 2 is 2.12 bits per heavy atom. The second kappa shape index (κ2) is 8.23. The van der Waals surface area contributed by atoms with Crippen LogP contribution < -0.4 is 5.73 Å². The largest absolute Gasteiger partial charge is 0.445 e. The van der Waals surface area contributed by atoms with Crippen molar-refractivity contribution >= 4 is 28.7 Å². The van der Waals surface area contributed by atoms with Gasteiger partial charge in [0.1, 0.15) is 23.1 Å². The summed E-state index contributed by atoms with van der Waals surface area (Å²) in [4.78, 5) is 35.4. The highest BCUT2D eigenvalue weighted by Gasteiger charge is 2.27. The number of nitrogens with two attached hydrogens (primary N) is 1. The van der Waals surface area contributed by atoms with Crippen LogP contribution in [0.25, 0.3) is 28.1 Å². The minimum atomic E-state index is -0.809. The number of fused-ring (bicyclic) bond motifs is 2. The third-order valence-electron chi connectivity index (χ3n) is 6.27. The number of nitrogens with zero attached hydrogens (tertiary/aromatic N) is 5. The Morgan fingerprint density at radius 3 is 2.91 bits per heavy atom. The number of hydrogen-bond acceptors (Lipinski definition) is 5. The van der Waals surface area contributed by atoms with E-state index in [1.165, 1.54) is 0 Å². The first-order valence-electron chi connectivity index (χ1n) is 11.1. The van der Waals surface area contributed by atoms with Gasteiger partial charge in [0, 0.05) is 42.1 Å². The zero-order valence-electron chi connectivity index (χ0n) is 18.7. The van der Waals surface area contributed by atoms with Crippen LogP contribution in [0.15, 0.2) is 42.7 Å². The fraction of sp³-hybridized carbons (Fsp3) is 0.333. The lowest BCUT2D eigenvalue weighted by molar-refractivity contribution is 0.0373. The monoisotopic (exact) mass is 446 g/mol. The Kier molecular flexibility index (Phi) is 5.24. The highest BCUT2D eigenvalue weighted by Crippen LogP contribution is 2.30. The molecule has 170 valence electrons. The molecule has 0 bridgehead atoms. The number of rotatable bonds is 4. The van der Waals surface area contributed by atoms with Gasteiger partial charge in [-0.25, -0.2) is 14.8 Å². The van der Waals surface area contributed by atoms with Gasteiger partial charge in [-0.2, -0.15) is 0 Å². The fourth-order valence-electron chi connectivity index (χ4n) is 4.71. The highest BCUT2D eigenvalue weighted by atomic mass is 16.6. The third-order valence-corrected chi connectivity index (χ3v) is 6.27. The van der Waals surface area contributed by atoms with Crippen LogP contribution in [0.3, 0.4) is 0 Å². The average molecular weight is 447 g/mol. The minimum absolute atomic E-state index is 0.107. The Labute approximate surface area is 190 Å². The molecule has 33 heavy (non-hydrogen) atoms. The molecule has 1 unspecified atom stereocenters. The smallest absolute Gasteiger partial charge is 0.404 e. The summed E-state index contributed by atoms with van der Waals surface area (Å²) in [5, 5.41) is 1.07. The normalized spacial score (nSPS) is 16.4. The van der Waals surface area contributed by atoms with E-state index in [9.17, 15) is 9.59 Å². The zero-order valence-corrected chi connectivity index (χ0v) is 18.7. The number of piperidine rings is 1. The van der Waals surface area contributed by atoms with Crippen LogP contribution in [0.1, 0.15) is 35.8 Å². The number of primary amides is 1. The molecule has 0 aliphatic carbocycles. The minimum Gasteiger partial charge on any atom is -0.445 e. The molecule has 9 nitrogen and oxygen atoms in total. The topological polar surface area (TPSA) is 108 Å². The van der Waals surface area contributed by atoms with Gasteiger partial charge in [0.05, 0.1) is 12.2 Å². The summed E-state index contributed by atoms with van der Waals surface area (Å²) in [6.45, 7) is 5.85. The van der Waals surface area contributed by atoms with Gasteiger partial charge in [-0.1, -0.05) is 0 Å². The van der Waals surface area contributed by atoms with Crippen LogP contribution in [0.2, 0.25) is 0 Å². The molecule has 4 aromatic heterocycles. The van der Waals surface area contributed by atoms with Gasteiger partial charge in [0.2, 0.25) is 0 Å². The molecule has 5 rings (SSSR count). The number of aryl methyl sites for hydroxylation is 2. The van der Waals surface area contributed by atoms with Crippen molar-refractivity contribution in [3.05, 3.63) is 54.0 Å². The Hall–Kier alpha value is -3.88. The first-order valence-corrected chi connectivity index (χ1v) is 11.1. The van der Waals surface area contributed by atoms with E-state index in [1.54, 1.807) is 11.1 Å². The standard InChI is InChI=1S/C24H26N6O3/c1-3-29-19(12-16-6-4-9-26-22(16)29)21-15(2)30-11-8-17(13-20(30)27-21)23(31)28-10-5-7-18(14-28)33-24(25)32/h4,6,8-9,11-13,18H,3,5,7,10,14H2,1-2H3,(H2,25,32). The van der Waals surface area contributed by atoms with E-state index in [0.29, 0.717) is 30.7 Å². The maximum absolute atomic E-state index is 13.2. The van der Waals surface area contributed by atoms with E-state index in [4.69, 9.17) is 15.5 Å². The number of likely N-dealkylation sites (tertiary alicyclic amines) is 1. The summed E-state index contributed by atoms with van der Waals surface area (Å²) >= 11 is 0. The van der Waals surface area contributed by atoms with Crippen LogP contribution in [-0.4, -0.2) is 55.0 Å². The van der Waals surface area contributed by atoms with Gasteiger partial charge < -0.3 is 24.3 Å². The summed E-state index contributed by atoms with van der Waals surface area (Å²) in [5.41, 5.74) is 10.2. The molecule has 9 heteroatoms. The van der Waals surface area contributed by atoms with E-state index in [2.05, 4.69) is 22.5 Å². The van der Waals surface area contributed by atoms with Gasteiger partial charge in [0.25, 0.3) is 5.91 Å². The van der Waals surface area contributed by atoms with Crippen molar-refractivity contribution in [3.8, 4) is 11.4 Å². The summed E-state index contributed by atoms with van der Waals surface area (Å²) in [6.07, 6.45) is 3.96. The van der Waals surface area contributed by atoms with Crippen LogP contribution in [0.5, 0.6) is 0 Å². The molecule has 4 aromatic rings. The molecule has 0 spiro atoms. The molecule has 5 heterocycles. The predicted octanol–water partition coefficient (Wildman–Crippen LogP) is 3.38. The van der Waals surface area contributed by atoms with Crippen LogP contribution in [0.4, 0.5) is 4.79 Å². The quantitative estimate of drug-likeness (QED) is 0.517. The molecule has 1 aliphatic rings. The van der Waals surface area contributed by atoms with Crippen molar-refractivity contribution in [1.29, 1.82) is 0 Å². The van der Waals surface area contributed by atoms with Crippen LogP contribution >= 0.6 is 0 Å². The van der Waals surface area contributed by atoms with Crippen molar-refractivity contribution in [2.24, 2.45) is 5.73 Å². The van der Waals surface area contributed by atoms with Crippen LogP contribution in [0, 0.1) is 6.92 Å². The highest BCUT2D eigenvalue weighted by molar-refractivity contribution is 5.95. The molecule has 1 atom stereocenters. The molecular weight excluding hydrogens is 420 g/mol. The van der Waals surface area contributed by atoms with Crippen molar-refractivity contribution in [2.75, 3.05) is 13.1 Å². The van der Waals surface area contributed by atoms with Gasteiger partial charge in [-0.3, -0.25) is 4.79 Å². The van der Waals surface area contributed by atoms with E-state index < -0.39 is 6.09 Å². The zero-order chi connectivity index (χ0) is 23.1. The summed E-state index contributed by atoms with van der Waals surface area (Å²) in [6, 6.07) is 9.71. The van der Waals surface area contributed by atoms with Gasteiger partial charge in [-0.05, 0) is 57.0 Å². The van der Waals surface area contributed by atoms with E-state index >= 15 is 0 Å². The van der Waals surface area contributed by atoms with Gasteiger partial charge in [0.15, 0.2) is 0 Å². The number of hydrogen-bond donors (Lipinski definition) is 1. The number of imidazole rings is 1. The van der Waals surface area contributed by atoms with Crippen molar-refractivity contribution < 1.29 is 14.3 Å². The Morgan fingerprint density at radius 1 is 1.27 bits per heavy atom. The fourth-order valence-corrected chi connectivity index (χ4v) is 4.71. The second-order valence-corrected chi connectivity index (χ2v) is 8.33. The molecule has 1 aliphatic heterocycles. The summed E-state index contributed by atoms with van der Waals surface area (Å²) in [7, 11) is 0. The Bertz CT molecular complexity index is 1370. The number of carbonyl (C=O) groups excluding carboxylic acids is 2. The molecule has 0 radical (unpaired) electrons. The summed E-state index contributed by atoms with van der Waals surface area (Å²) < 4.78 is 9.26. The third kappa shape index (κ3) is 3.69. The molecule has 2 N–H and O–H groups in total. The molecule has 1 fully saturated rings. The molecular formula is C24H26N6O3. The lowest BCUT2D eigenvalue weighted by atomic mass is 10.1. The second-order valence-electron chi connectivity index (χ2n) is 8.33. The number of ether oxygens (including phenoxy) is 1. The van der Waals surface area contributed by atoms with E-state index in [0.717, 1.165) is 41.1 Å².